The lowest BCUT2D eigenvalue weighted by molar-refractivity contribution is -0.143. The van der Waals surface area contributed by atoms with Crippen LogP contribution in [0.4, 0.5) is 0 Å². The van der Waals surface area contributed by atoms with Crippen LogP contribution in [-0.2, 0) is 4.79 Å². The van der Waals surface area contributed by atoms with E-state index in [1.807, 2.05) is 0 Å². The summed E-state index contributed by atoms with van der Waals surface area (Å²) in [6.07, 6.45) is 6.74. The molecule has 0 aromatic heterocycles. The third-order valence-electron chi connectivity index (χ3n) is 3.53. The zero-order valence-corrected chi connectivity index (χ0v) is 9.12. The van der Waals surface area contributed by atoms with Crippen molar-refractivity contribution in [3.05, 3.63) is 0 Å². The molecule has 2 N–H and O–H groups in total. The monoisotopic (exact) mass is 210 g/mol. The van der Waals surface area contributed by atoms with Gasteiger partial charge in [0.2, 0.25) is 0 Å². The zero-order chi connectivity index (χ0) is 10.9. The van der Waals surface area contributed by atoms with Gasteiger partial charge in [-0.2, -0.15) is 5.10 Å². The summed E-state index contributed by atoms with van der Waals surface area (Å²) in [6.45, 7) is 1.70. The van der Waals surface area contributed by atoms with Crippen LogP contribution in [0, 0.1) is 5.92 Å². The molecular weight excluding hydrogens is 192 g/mol. The highest BCUT2D eigenvalue weighted by atomic mass is 16.4. The molecule has 0 aromatic carbocycles. The van der Waals surface area contributed by atoms with Gasteiger partial charge in [-0.05, 0) is 25.7 Å². The molecule has 0 radical (unpaired) electrons. The second-order valence-electron chi connectivity index (χ2n) is 4.86. The van der Waals surface area contributed by atoms with Crippen LogP contribution in [0.25, 0.3) is 0 Å². The van der Waals surface area contributed by atoms with Gasteiger partial charge in [0.05, 0.1) is 0 Å². The van der Waals surface area contributed by atoms with E-state index in [0.29, 0.717) is 12.3 Å². The predicted octanol–water partition coefficient (Wildman–Crippen LogP) is 1.76. The summed E-state index contributed by atoms with van der Waals surface area (Å²) in [4.78, 5) is 11.0. The Morgan fingerprint density at radius 2 is 2.13 bits per heavy atom. The Hall–Kier alpha value is -1.06. The van der Waals surface area contributed by atoms with Crippen molar-refractivity contribution >= 4 is 11.7 Å². The first-order chi connectivity index (χ1) is 7.12. The molecule has 15 heavy (non-hydrogen) atoms. The smallest absolute Gasteiger partial charge is 0.331 e. The molecule has 2 aliphatic rings. The number of carbonyl (C=O) groups is 1. The molecule has 1 aliphatic carbocycles. The van der Waals surface area contributed by atoms with Gasteiger partial charge in [-0.3, -0.25) is 5.43 Å². The van der Waals surface area contributed by atoms with Crippen LogP contribution >= 0.6 is 0 Å². The van der Waals surface area contributed by atoms with Crippen molar-refractivity contribution in [2.45, 2.75) is 51.0 Å². The summed E-state index contributed by atoms with van der Waals surface area (Å²) < 4.78 is 0. The van der Waals surface area contributed by atoms with Gasteiger partial charge in [-0.15, -0.1) is 0 Å². The molecule has 1 saturated carbocycles. The number of carboxylic acid groups (broad SMARTS) is 1. The maximum Gasteiger partial charge on any atom is 0.331 e. The largest absolute Gasteiger partial charge is 0.479 e. The first-order valence-electron chi connectivity index (χ1n) is 5.69. The summed E-state index contributed by atoms with van der Waals surface area (Å²) in [5.74, 6) is -0.288. The molecule has 1 aliphatic heterocycles. The third kappa shape index (κ3) is 1.98. The molecule has 0 aromatic rings. The number of hydrogen-bond acceptors (Lipinski definition) is 3. The summed E-state index contributed by atoms with van der Waals surface area (Å²) in [5.41, 5.74) is 2.97. The van der Waals surface area contributed by atoms with Gasteiger partial charge in [0, 0.05) is 12.1 Å². The third-order valence-corrected chi connectivity index (χ3v) is 3.53. The average molecular weight is 210 g/mol. The molecule has 0 bridgehead atoms. The molecule has 0 amide bonds. The number of aliphatic carboxylic acids is 1. The van der Waals surface area contributed by atoms with Crippen LogP contribution in [0.1, 0.15) is 45.4 Å². The Bertz CT molecular complexity index is 295. The highest BCUT2D eigenvalue weighted by molar-refractivity contribution is 5.95. The van der Waals surface area contributed by atoms with Gasteiger partial charge >= 0.3 is 5.97 Å². The minimum Gasteiger partial charge on any atom is -0.479 e. The van der Waals surface area contributed by atoms with Gasteiger partial charge < -0.3 is 5.11 Å². The fourth-order valence-electron chi connectivity index (χ4n) is 2.43. The van der Waals surface area contributed by atoms with Crippen molar-refractivity contribution in [2.24, 2.45) is 11.0 Å². The van der Waals surface area contributed by atoms with Crippen molar-refractivity contribution in [2.75, 3.05) is 0 Å². The van der Waals surface area contributed by atoms with Crippen LogP contribution in [0.15, 0.2) is 5.10 Å². The Kier molecular flexibility index (Phi) is 2.67. The molecule has 1 unspecified atom stereocenters. The molecule has 0 saturated heterocycles. The number of hydrazone groups is 1. The van der Waals surface area contributed by atoms with Gasteiger partial charge in [-0.1, -0.05) is 19.3 Å². The van der Waals surface area contributed by atoms with E-state index in [1.165, 1.54) is 32.1 Å². The number of hydrogen-bond donors (Lipinski definition) is 2. The summed E-state index contributed by atoms with van der Waals surface area (Å²) in [6, 6.07) is 0. The zero-order valence-electron chi connectivity index (χ0n) is 9.12. The molecule has 1 atom stereocenters. The number of carboxylic acids is 1. The molecule has 2 rings (SSSR count). The lowest BCUT2D eigenvalue weighted by Crippen LogP contribution is -2.44. The Morgan fingerprint density at radius 3 is 2.67 bits per heavy atom. The number of rotatable bonds is 2. The van der Waals surface area contributed by atoms with Crippen molar-refractivity contribution in [3.8, 4) is 0 Å². The highest BCUT2D eigenvalue weighted by Crippen LogP contribution is 2.30. The first kappa shape index (κ1) is 10.5. The van der Waals surface area contributed by atoms with Crippen molar-refractivity contribution < 1.29 is 9.90 Å². The predicted molar refractivity (Wildman–Crippen MR) is 57.8 cm³/mol. The topological polar surface area (TPSA) is 61.7 Å². The molecule has 4 nitrogen and oxygen atoms in total. The van der Waals surface area contributed by atoms with Crippen LogP contribution in [0.5, 0.6) is 0 Å². The van der Waals surface area contributed by atoms with Crippen LogP contribution in [0.2, 0.25) is 0 Å². The van der Waals surface area contributed by atoms with Crippen molar-refractivity contribution in [1.29, 1.82) is 0 Å². The summed E-state index contributed by atoms with van der Waals surface area (Å²) in [5, 5.41) is 13.3. The molecule has 4 heteroatoms. The Labute approximate surface area is 89.7 Å². The summed E-state index contributed by atoms with van der Waals surface area (Å²) >= 11 is 0. The SMILES string of the molecule is CC1(C(=O)O)CC(C2CCCCC2)=NN1. The normalized spacial score (nSPS) is 32.2. The van der Waals surface area contributed by atoms with Crippen LogP contribution in [0.3, 0.4) is 0 Å². The van der Waals surface area contributed by atoms with E-state index in [-0.39, 0.29) is 0 Å². The van der Waals surface area contributed by atoms with E-state index in [4.69, 9.17) is 5.11 Å². The minimum absolute atomic E-state index is 0.521. The lowest BCUT2D eigenvalue weighted by Gasteiger charge is -2.22. The van der Waals surface area contributed by atoms with Gasteiger partial charge in [-0.25, -0.2) is 4.79 Å². The molecular formula is C11H18N2O2. The molecule has 84 valence electrons. The maximum atomic E-state index is 11.0. The Morgan fingerprint density at radius 1 is 1.47 bits per heavy atom. The summed E-state index contributed by atoms with van der Waals surface area (Å²) in [7, 11) is 0. The maximum absolute atomic E-state index is 11.0. The van der Waals surface area contributed by atoms with Gasteiger partial charge in [0.15, 0.2) is 5.54 Å². The van der Waals surface area contributed by atoms with E-state index in [9.17, 15) is 4.79 Å². The van der Waals surface area contributed by atoms with E-state index >= 15 is 0 Å². The Balaban J connectivity index is 1.99. The molecule has 0 spiro atoms. The van der Waals surface area contributed by atoms with E-state index in [0.717, 1.165) is 5.71 Å². The standard InChI is InChI=1S/C11H18N2O2/c1-11(10(14)15)7-9(12-13-11)8-5-3-2-4-6-8/h8,13H,2-7H2,1H3,(H,14,15). The molecule has 1 heterocycles. The second kappa shape index (κ2) is 3.83. The second-order valence-corrected chi connectivity index (χ2v) is 4.86. The number of nitrogens with one attached hydrogen (secondary N) is 1. The van der Waals surface area contributed by atoms with Crippen molar-refractivity contribution in [1.82, 2.24) is 5.43 Å². The fourth-order valence-corrected chi connectivity index (χ4v) is 2.43. The van der Waals surface area contributed by atoms with Gasteiger partial charge in [0.25, 0.3) is 0 Å². The highest BCUT2D eigenvalue weighted by Gasteiger charge is 2.40. The van der Waals surface area contributed by atoms with E-state index < -0.39 is 11.5 Å². The van der Waals surface area contributed by atoms with Crippen molar-refractivity contribution in [3.63, 3.8) is 0 Å². The van der Waals surface area contributed by atoms with E-state index in [1.54, 1.807) is 6.92 Å². The van der Waals surface area contributed by atoms with Gasteiger partial charge in [0.1, 0.15) is 0 Å². The van der Waals surface area contributed by atoms with Crippen LogP contribution in [-0.4, -0.2) is 22.3 Å². The lowest BCUT2D eigenvalue weighted by atomic mass is 9.82. The van der Waals surface area contributed by atoms with Crippen LogP contribution < -0.4 is 5.43 Å². The minimum atomic E-state index is -0.868. The fraction of sp³-hybridized carbons (Fsp3) is 0.818. The van der Waals surface area contributed by atoms with E-state index in [2.05, 4.69) is 10.5 Å². The quantitative estimate of drug-likeness (QED) is 0.730. The first-order valence-corrected chi connectivity index (χ1v) is 5.69. The molecule has 1 fully saturated rings. The average Bonchev–Trinajstić information content (AvgIpc) is 2.64. The number of nitrogens with zero attached hydrogens (tertiary/aromatic N) is 1.